The average Bonchev–Trinajstić information content (AvgIpc) is 3.69. The minimum absolute atomic E-state index is 1.09. The molecule has 0 unspecified atom stereocenters. The minimum Gasteiger partial charge on any atom is -0.310 e. The first-order valence-corrected chi connectivity index (χ1v) is 20.7. The van der Waals surface area contributed by atoms with Gasteiger partial charge in [0.2, 0.25) is 0 Å². The van der Waals surface area contributed by atoms with Gasteiger partial charge in [-0.25, -0.2) is 0 Å². The van der Waals surface area contributed by atoms with Gasteiger partial charge in [0.15, 0.2) is 0 Å². The zero-order chi connectivity index (χ0) is 38.4. The molecule has 1 heterocycles. The Morgan fingerprint density at radius 3 is 1.48 bits per heavy atom. The molecule has 0 aliphatic carbocycles. The van der Waals surface area contributed by atoms with E-state index < -0.39 is 0 Å². The third-order valence-corrected chi connectivity index (χ3v) is 12.7. The predicted molar refractivity (Wildman–Crippen MR) is 251 cm³/mol. The van der Waals surface area contributed by atoms with Crippen molar-refractivity contribution in [3.05, 3.63) is 224 Å². The molecule has 0 radical (unpaired) electrons. The molecule has 0 spiro atoms. The molecule has 0 aliphatic heterocycles. The average molecular weight is 756 g/mol. The zero-order valence-electron chi connectivity index (χ0n) is 31.7. The number of anilines is 3. The van der Waals surface area contributed by atoms with Crippen LogP contribution in [0.25, 0.3) is 86.2 Å². The second-order valence-electron chi connectivity index (χ2n) is 14.8. The molecule has 0 bridgehead atoms. The van der Waals surface area contributed by atoms with Crippen LogP contribution >= 0.6 is 11.3 Å². The SMILES string of the molecule is c1ccc(-c2ccc(N(c3ccc(-c4ccccc4)cc3)c3cccc(-c4cc5ccccc5c5ccccc45)c3-c3cccc4c3sc3ccccc34)cc2)cc1. The van der Waals surface area contributed by atoms with Crippen LogP contribution in [0.5, 0.6) is 0 Å². The maximum atomic E-state index is 2.46. The maximum Gasteiger partial charge on any atom is 0.0546 e. The van der Waals surface area contributed by atoms with Crippen molar-refractivity contribution in [2.75, 3.05) is 4.90 Å². The van der Waals surface area contributed by atoms with E-state index in [9.17, 15) is 0 Å². The molecule has 0 atom stereocenters. The number of nitrogens with zero attached hydrogens (tertiary/aromatic N) is 1. The highest BCUT2D eigenvalue weighted by molar-refractivity contribution is 7.26. The van der Waals surface area contributed by atoms with Crippen molar-refractivity contribution in [2.45, 2.75) is 0 Å². The molecule has 2 heteroatoms. The lowest BCUT2D eigenvalue weighted by Gasteiger charge is -2.30. The van der Waals surface area contributed by atoms with Crippen molar-refractivity contribution in [2.24, 2.45) is 0 Å². The predicted octanol–water partition coefficient (Wildman–Crippen LogP) is 16.5. The van der Waals surface area contributed by atoms with Crippen LogP contribution in [0.2, 0.25) is 0 Å². The molecule has 58 heavy (non-hydrogen) atoms. The Labute approximate surface area is 342 Å². The van der Waals surface area contributed by atoms with Crippen LogP contribution in [-0.2, 0) is 0 Å². The van der Waals surface area contributed by atoms with E-state index in [0.717, 1.165) is 17.1 Å². The molecule has 0 saturated heterocycles. The van der Waals surface area contributed by atoms with Gasteiger partial charge in [0.05, 0.1) is 5.69 Å². The van der Waals surface area contributed by atoms with E-state index in [1.54, 1.807) is 0 Å². The van der Waals surface area contributed by atoms with Crippen molar-refractivity contribution in [1.29, 1.82) is 0 Å². The van der Waals surface area contributed by atoms with Crippen LogP contribution in [0.4, 0.5) is 17.1 Å². The number of fused-ring (bicyclic) bond motifs is 6. The van der Waals surface area contributed by atoms with E-state index >= 15 is 0 Å². The van der Waals surface area contributed by atoms with E-state index in [2.05, 4.69) is 229 Å². The first-order chi connectivity index (χ1) is 28.8. The van der Waals surface area contributed by atoms with Crippen molar-refractivity contribution in [3.63, 3.8) is 0 Å². The fourth-order valence-corrected chi connectivity index (χ4v) is 9.97. The van der Waals surface area contributed by atoms with Gasteiger partial charge in [-0.2, -0.15) is 0 Å². The molecule has 1 aromatic heterocycles. The van der Waals surface area contributed by atoms with Crippen LogP contribution in [-0.4, -0.2) is 0 Å². The summed E-state index contributed by atoms with van der Waals surface area (Å²) < 4.78 is 2.59. The molecule has 0 aliphatic rings. The summed E-state index contributed by atoms with van der Waals surface area (Å²) in [5, 5.41) is 7.59. The maximum absolute atomic E-state index is 2.46. The molecule has 272 valence electrons. The Bertz CT molecular complexity index is 3170. The molecule has 0 N–H and O–H groups in total. The van der Waals surface area contributed by atoms with E-state index in [0.29, 0.717) is 0 Å². The number of hydrogen-bond acceptors (Lipinski definition) is 2. The van der Waals surface area contributed by atoms with Gasteiger partial charge in [0.25, 0.3) is 0 Å². The summed E-state index contributed by atoms with van der Waals surface area (Å²) in [4.78, 5) is 2.46. The molecular formula is C56H37NS. The van der Waals surface area contributed by atoms with E-state index in [1.165, 1.54) is 86.2 Å². The van der Waals surface area contributed by atoms with E-state index in [1.807, 2.05) is 11.3 Å². The van der Waals surface area contributed by atoms with Crippen LogP contribution in [0.3, 0.4) is 0 Å². The Kier molecular flexibility index (Phi) is 8.42. The Hall–Kier alpha value is -7.26. The Balaban J connectivity index is 1.22. The molecule has 0 fully saturated rings. The summed E-state index contributed by atoms with van der Waals surface area (Å²) >= 11 is 1.89. The van der Waals surface area contributed by atoms with Crippen LogP contribution in [0.1, 0.15) is 0 Å². The van der Waals surface area contributed by atoms with Gasteiger partial charge in [0.1, 0.15) is 0 Å². The number of rotatable bonds is 7. The third kappa shape index (κ3) is 5.86. The minimum atomic E-state index is 1.09. The highest BCUT2D eigenvalue weighted by Crippen LogP contribution is 2.51. The van der Waals surface area contributed by atoms with Gasteiger partial charge in [-0.3, -0.25) is 0 Å². The fraction of sp³-hybridized carbons (Fsp3) is 0. The summed E-state index contributed by atoms with van der Waals surface area (Å²) in [7, 11) is 0. The largest absolute Gasteiger partial charge is 0.310 e. The summed E-state index contributed by atoms with van der Waals surface area (Å²) in [5.74, 6) is 0. The lowest BCUT2D eigenvalue weighted by atomic mass is 9.87. The molecule has 1 nitrogen and oxygen atoms in total. The lowest BCUT2D eigenvalue weighted by molar-refractivity contribution is 1.28. The highest BCUT2D eigenvalue weighted by atomic mass is 32.1. The van der Waals surface area contributed by atoms with Crippen LogP contribution < -0.4 is 4.90 Å². The molecule has 11 rings (SSSR count). The summed E-state index contributed by atoms with van der Waals surface area (Å²) in [6.45, 7) is 0. The molecule has 0 saturated carbocycles. The normalized spacial score (nSPS) is 11.4. The fourth-order valence-electron chi connectivity index (χ4n) is 8.75. The van der Waals surface area contributed by atoms with Crippen molar-refractivity contribution >= 4 is 70.1 Å². The van der Waals surface area contributed by atoms with Gasteiger partial charge >= 0.3 is 0 Å². The van der Waals surface area contributed by atoms with E-state index in [-0.39, 0.29) is 0 Å². The van der Waals surface area contributed by atoms with Gasteiger partial charge in [0, 0.05) is 42.7 Å². The van der Waals surface area contributed by atoms with Crippen LogP contribution in [0.15, 0.2) is 224 Å². The van der Waals surface area contributed by atoms with Crippen LogP contribution in [0, 0.1) is 0 Å². The Morgan fingerprint density at radius 2 is 0.810 bits per heavy atom. The lowest BCUT2D eigenvalue weighted by Crippen LogP contribution is -2.12. The summed E-state index contributed by atoms with van der Waals surface area (Å²) in [6, 6.07) is 82.0. The first kappa shape index (κ1) is 34.0. The number of hydrogen-bond donors (Lipinski definition) is 0. The van der Waals surface area contributed by atoms with Gasteiger partial charge in [-0.15, -0.1) is 11.3 Å². The summed E-state index contributed by atoms with van der Waals surface area (Å²) in [6.07, 6.45) is 0. The summed E-state index contributed by atoms with van der Waals surface area (Å²) in [5.41, 5.74) is 13.0. The smallest absolute Gasteiger partial charge is 0.0546 e. The first-order valence-electron chi connectivity index (χ1n) is 19.8. The molecule has 0 amide bonds. The molecular weight excluding hydrogens is 719 g/mol. The number of benzene rings is 10. The van der Waals surface area contributed by atoms with Crippen molar-refractivity contribution in [1.82, 2.24) is 0 Å². The highest BCUT2D eigenvalue weighted by Gasteiger charge is 2.24. The van der Waals surface area contributed by atoms with Crippen molar-refractivity contribution < 1.29 is 0 Å². The molecule has 10 aromatic carbocycles. The standard InChI is InChI=1S/C56H37NS/c1-3-15-38(16-4-1)40-29-33-43(34-30-40)57(44-35-31-41(32-36-44)39-17-5-2-6-18-39)53-27-14-24-49(52-37-42-19-7-8-20-45(42)46-21-9-10-22-47(46)52)55(53)51-26-13-25-50-48-23-11-12-28-54(48)58-56(50)51/h1-37H. The van der Waals surface area contributed by atoms with Gasteiger partial charge in [-0.05, 0) is 97.4 Å². The van der Waals surface area contributed by atoms with E-state index in [4.69, 9.17) is 0 Å². The topological polar surface area (TPSA) is 3.24 Å². The van der Waals surface area contributed by atoms with Gasteiger partial charge < -0.3 is 4.90 Å². The monoisotopic (exact) mass is 755 g/mol. The molecule has 11 aromatic rings. The second-order valence-corrected chi connectivity index (χ2v) is 15.9. The Morgan fingerprint density at radius 1 is 0.310 bits per heavy atom. The van der Waals surface area contributed by atoms with Gasteiger partial charge in [-0.1, -0.05) is 182 Å². The second kappa shape index (κ2) is 14.4. The van der Waals surface area contributed by atoms with Crippen molar-refractivity contribution in [3.8, 4) is 44.5 Å². The zero-order valence-corrected chi connectivity index (χ0v) is 32.5. The quantitative estimate of drug-likeness (QED) is 0.146. The number of thiophene rings is 1. The third-order valence-electron chi connectivity index (χ3n) is 11.5.